The highest BCUT2D eigenvalue weighted by Gasteiger charge is 2.12. The van der Waals surface area contributed by atoms with Gasteiger partial charge in [0.1, 0.15) is 11.5 Å². The Balaban J connectivity index is 1.90. The van der Waals surface area contributed by atoms with Gasteiger partial charge >= 0.3 is 0 Å². The zero-order valence-electron chi connectivity index (χ0n) is 16.6. The highest BCUT2D eigenvalue weighted by Crippen LogP contribution is 2.27. The van der Waals surface area contributed by atoms with Crippen molar-refractivity contribution in [2.24, 2.45) is 5.10 Å². The number of hydrogen-bond donors (Lipinski definition) is 2. The normalized spacial score (nSPS) is 10.3. The van der Waals surface area contributed by atoms with Crippen LogP contribution in [0.2, 0.25) is 0 Å². The van der Waals surface area contributed by atoms with Crippen LogP contribution in [-0.4, -0.2) is 53.0 Å². The number of benzene rings is 2. The summed E-state index contributed by atoms with van der Waals surface area (Å²) in [5.41, 5.74) is 3.33. The van der Waals surface area contributed by atoms with E-state index < -0.39 is 11.8 Å². The Hall–Kier alpha value is -3.75. The molecule has 0 fully saturated rings. The van der Waals surface area contributed by atoms with Crippen LogP contribution in [-0.2, 0) is 4.79 Å². The second-order valence-electron chi connectivity index (χ2n) is 5.65. The van der Waals surface area contributed by atoms with E-state index in [0.29, 0.717) is 34.1 Å². The zero-order valence-corrected chi connectivity index (χ0v) is 16.6. The van der Waals surface area contributed by atoms with Crippen molar-refractivity contribution in [1.29, 1.82) is 0 Å². The first kappa shape index (κ1) is 21.5. The van der Waals surface area contributed by atoms with E-state index in [4.69, 9.17) is 18.9 Å². The molecule has 0 unspecified atom stereocenters. The Morgan fingerprint density at radius 2 is 1.62 bits per heavy atom. The molecule has 2 aromatic rings. The van der Waals surface area contributed by atoms with Crippen LogP contribution in [0.25, 0.3) is 0 Å². The van der Waals surface area contributed by atoms with Gasteiger partial charge in [-0.1, -0.05) is 0 Å². The summed E-state index contributed by atoms with van der Waals surface area (Å²) in [6.07, 6.45) is 1.44. The van der Waals surface area contributed by atoms with E-state index in [1.807, 2.05) is 0 Å². The summed E-state index contributed by atoms with van der Waals surface area (Å²) in [4.78, 5) is 24.1. The standard InChI is InChI=1S/C20H23N3O6/c1-26-15-7-5-14(17(10-15)28-3)11-22-23-19(24)12-21-20(25)13-6-8-16(27-2)18(9-13)29-4/h5-11H,12H2,1-4H3,(H,21,25)(H,23,24)/b22-11-. The van der Waals surface area contributed by atoms with Gasteiger partial charge in [0.05, 0.1) is 41.2 Å². The number of carbonyl (C=O) groups excluding carboxylic acids is 2. The first-order chi connectivity index (χ1) is 14.0. The third kappa shape index (κ3) is 5.86. The zero-order chi connectivity index (χ0) is 21.2. The summed E-state index contributed by atoms with van der Waals surface area (Å²) in [5, 5.41) is 6.38. The maximum Gasteiger partial charge on any atom is 0.259 e. The molecule has 2 amide bonds. The van der Waals surface area contributed by atoms with Crippen molar-refractivity contribution in [3.63, 3.8) is 0 Å². The number of carbonyl (C=O) groups is 2. The number of amides is 2. The summed E-state index contributed by atoms with van der Waals surface area (Å²) in [7, 11) is 6.06. The first-order valence-corrected chi connectivity index (χ1v) is 8.56. The molecule has 0 aromatic heterocycles. The molecule has 0 radical (unpaired) electrons. The lowest BCUT2D eigenvalue weighted by atomic mass is 10.2. The first-order valence-electron chi connectivity index (χ1n) is 8.56. The molecule has 0 aliphatic rings. The minimum absolute atomic E-state index is 0.246. The molecule has 0 spiro atoms. The fraction of sp³-hybridized carbons (Fsp3) is 0.250. The topological polar surface area (TPSA) is 107 Å². The second-order valence-corrected chi connectivity index (χ2v) is 5.65. The van der Waals surface area contributed by atoms with Crippen molar-refractivity contribution >= 4 is 18.0 Å². The van der Waals surface area contributed by atoms with Crippen LogP contribution >= 0.6 is 0 Å². The summed E-state index contributed by atoms with van der Waals surface area (Å²) in [5.74, 6) is 1.20. The quantitative estimate of drug-likeness (QED) is 0.488. The lowest BCUT2D eigenvalue weighted by Crippen LogP contribution is -2.34. The van der Waals surface area contributed by atoms with E-state index in [0.717, 1.165) is 0 Å². The van der Waals surface area contributed by atoms with Crippen molar-refractivity contribution in [2.45, 2.75) is 0 Å². The molecular weight excluding hydrogens is 378 g/mol. The maximum atomic E-state index is 12.2. The molecule has 2 rings (SSSR count). The molecule has 0 aliphatic carbocycles. The third-order valence-corrected chi connectivity index (χ3v) is 3.89. The van der Waals surface area contributed by atoms with Crippen molar-refractivity contribution in [1.82, 2.24) is 10.7 Å². The van der Waals surface area contributed by atoms with Gasteiger partial charge < -0.3 is 24.3 Å². The summed E-state index contributed by atoms with van der Waals surface area (Å²) in [6, 6.07) is 9.90. The highest BCUT2D eigenvalue weighted by atomic mass is 16.5. The molecule has 154 valence electrons. The van der Waals surface area contributed by atoms with Gasteiger partial charge in [0.15, 0.2) is 11.5 Å². The van der Waals surface area contributed by atoms with E-state index in [2.05, 4.69) is 15.8 Å². The molecule has 9 nitrogen and oxygen atoms in total. The number of nitrogens with zero attached hydrogens (tertiary/aromatic N) is 1. The summed E-state index contributed by atoms with van der Waals surface area (Å²) >= 11 is 0. The minimum atomic E-state index is -0.484. The van der Waals surface area contributed by atoms with Gasteiger partial charge in [-0.15, -0.1) is 0 Å². The van der Waals surface area contributed by atoms with Crippen LogP contribution in [0, 0.1) is 0 Å². The van der Waals surface area contributed by atoms with Gasteiger partial charge in [0.2, 0.25) is 0 Å². The Labute approximate surface area is 168 Å². The molecule has 0 aliphatic heterocycles. The van der Waals surface area contributed by atoms with Crippen LogP contribution in [0.3, 0.4) is 0 Å². The fourth-order valence-corrected chi connectivity index (χ4v) is 2.38. The fourth-order valence-electron chi connectivity index (χ4n) is 2.38. The predicted octanol–water partition coefficient (Wildman–Crippen LogP) is 1.60. The number of hydrazone groups is 1. The van der Waals surface area contributed by atoms with Gasteiger partial charge in [-0.2, -0.15) is 5.10 Å². The van der Waals surface area contributed by atoms with E-state index in [-0.39, 0.29) is 6.54 Å². The predicted molar refractivity (Wildman–Crippen MR) is 107 cm³/mol. The van der Waals surface area contributed by atoms with Gasteiger partial charge in [0, 0.05) is 17.2 Å². The minimum Gasteiger partial charge on any atom is -0.497 e. The lowest BCUT2D eigenvalue weighted by molar-refractivity contribution is -0.120. The smallest absolute Gasteiger partial charge is 0.259 e. The van der Waals surface area contributed by atoms with Crippen molar-refractivity contribution in [2.75, 3.05) is 35.0 Å². The lowest BCUT2D eigenvalue weighted by Gasteiger charge is -2.09. The molecule has 9 heteroatoms. The average Bonchev–Trinajstić information content (AvgIpc) is 2.76. The number of methoxy groups -OCH3 is 4. The Kier molecular flexibility index (Phi) is 7.84. The van der Waals surface area contributed by atoms with Gasteiger partial charge in [-0.05, 0) is 30.3 Å². The molecule has 29 heavy (non-hydrogen) atoms. The molecule has 2 aromatic carbocycles. The van der Waals surface area contributed by atoms with E-state index in [1.54, 1.807) is 37.4 Å². The average molecular weight is 401 g/mol. The number of ether oxygens (including phenoxy) is 4. The number of rotatable bonds is 9. The van der Waals surface area contributed by atoms with Crippen molar-refractivity contribution < 1.29 is 28.5 Å². The van der Waals surface area contributed by atoms with Gasteiger partial charge in [-0.25, -0.2) is 5.43 Å². The van der Waals surface area contributed by atoms with Crippen molar-refractivity contribution in [3.05, 3.63) is 47.5 Å². The SMILES string of the molecule is COc1ccc(/C=N\NC(=O)CNC(=O)c2ccc(OC)c(OC)c2)c(OC)c1. The molecular formula is C20H23N3O6. The van der Waals surface area contributed by atoms with E-state index >= 15 is 0 Å². The Morgan fingerprint density at radius 1 is 0.897 bits per heavy atom. The summed E-state index contributed by atoms with van der Waals surface area (Å²) < 4.78 is 20.7. The molecule has 0 atom stereocenters. The number of nitrogens with one attached hydrogen (secondary N) is 2. The van der Waals surface area contributed by atoms with Crippen LogP contribution in [0.15, 0.2) is 41.5 Å². The third-order valence-electron chi connectivity index (χ3n) is 3.89. The van der Waals surface area contributed by atoms with E-state index in [9.17, 15) is 9.59 Å². The maximum absolute atomic E-state index is 12.2. The Bertz CT molecular complexity index is 898. The molecule has 2 N–H and O–H groups in total. The van der Waals surface area contributed by atoms with Crippen LogP contribution in [0.5, 0.6) is 23.0 Å². The summed E-state index contributed by atoms with van der Waals surface area (Å²) in [6.45, 7) is -0.246. The monoisotopic (exact) mass is 401 g/mol. The Morgan fingerprint density at radius 3 is 2.28 bits per heavy atom. The van der Waals surface area contributed by atoms with Gasteiger partial charge in [0.25, 0.3) is 11.8 Å². The molecule has 0 saturated carbocycles. The van der Waals surface area contributed by atoms with E-state index in [1.165, 1.54) is 33.6 Å². The number of hydrogen-bond acceptors (Lipinski definition) is 7. The largest absolute Gasteiger partial charge is 0.497 e. The highest BCUT2D eigenvalue weighted by molar-refractivity contribution is 5.97. The van der Waals surface area contributed by atoms with Crippen LogP contribution < -0.4 is 29.7 Å². The van der Waals surface area contributed by atoms with Crippen LogP contribution in [0.4, 0.5) is 0 Å². The second kappa shape index (κ2) is 10.5. The molecule has 0 saturated heterocycles. The van der Waals surface area contributed by atoms with Crippen LogP contribution in [0.1, 0.15) is 15.9 Å². The molecule has 0 heterocycles. The molecule has 0 bridgehead atoms. The van der Waals surface area contributed by atoms with Crippen molar-refractivity contribution in [3.8, 4) is 23.0 Å². The van der Waals surface area contributed by atoms with Gasteiger partial charge in [-0.3, -0.25) is 9.59 Å².